The Bertz CT molecular complexity index is 1040. The summed E-state index contributed by atoms with van der Waals surface area (Å²) < 4.78 is 7.04. The van der Waals surface area contributed by atoms with Gasteiger partial charge in [-0.05, 0) is 24.6 Å². The molecule has 7 heteroatoms. The highest BCUT2D eigenvalue weighted by atomic mass is 16.5. The van der Waals surface area contributed by atoms with Gasteiger partial charge in [0.25, 0.3) is 0 Å². The quantitative estimate of drug-likeness (QED) is 0.745. The Morgan fingerprint density at radius 2 is 1.96 bits per heavy atom. The Hall–Kier alpha value is -3.61. The maximum atomic E-state index is 12.2. The summed E-state index contributed by atoms with van der Waals surface area (Å²) >= 11 is 0. The molecule has 1 atom stereocenters. The van der Waals surface area contributed by atoms with Crippen LogP contribution in [0.25, 0.3) is 11.4 Å². The SMILES string of the molecule is COc1cccc(C2C(C(N)=O)=C(C)Nc3nc(-c4ccccc4)nn32)c1. The molecule has 1 aliphatic rings. The molecule has 0 spiro atoms. The molecule has 0 saturated heterocycles. The number of hydrogen-bond donors (Lipinski definition) is 2. The fourth-order valence-corrected chi connectivity index (χ4v) is 3.30. The molecule has 0 aliphatic carbocycles. The van der Waals surface area contributed by atoms with Crippen LogP contribution in [-0.2, 0) is 4.79 Å². The van der Waals surface area contributed by atoms with E-state index in [1.165, 1.54) is 0 Å². The number of ether oxygens (including phenoxy) is 1. The van der Waals surface area contributed by atoms with Crippen LogP contribution in [0.4, 0.5) is 5.95 Å². The lowest BCUT2D eigenvalue weighted by molar-refractivity contribution is -0.115. The third-order valence-corrected chi connectivity index (χ3v) is 4.56. The van der Waals surface area contributed by atoms with E-state index < -0.39 is 11.9 Å². The van der Waals surface area contributed by atoms with Crippen LogP contribution in [0.1, 0.15) is 18.5 Å². The minimum absolute atomic E-state index is 0.445. The van der Waals surface area contributed by atoms with Crippen molar-refractivity contribution in [1.29, 1.82) is 0 Å². The molecule has 3 N–H and O–H groups in total. The largest absolute Gasteiger partial charge is 0.497 e. The number of benzene rings is 2. The molecule has 7 nitrogen and oxygen atoms in total. The molecular formula is C20H19N5O2. The van der Waals surface area contributed by atoms with Crippen molar-refractivity contribution in [1.82, 2.24) is 14.8 Å². The minimum atomic E-state index is -0.504. The van der Waals surface area contributed by atoms with Crippen LogP contribution < -0.4 is 15.8 Å². The lowest BCUT2D eigenvalue weighted by Crippen LogP contribution is -2.31. The van der Waals surface area contributed by atoms with Gasteiger partial charge in [-0.3, -0.25) is 4.79 Å². The number of methoxy groups -OCH3 is 1. The molecule has 27 heavy (non-hydrogen) atoms. The first-order valence-corrected chi connectivity index (χ1v) is 8.52. The number of allylic oxidation sites excluding steroid dienone is 1. The van der Waals surface area contributed by atoms with E-state index in [4.69, 9.17) is 10.5 Å². The van der Waals surface area contributed by atoms with Gasteiger partial charge in [-0.15, -0.1) is 5.10 Å². The topological polar surface area (TPSA) is 95.1 Å². The predicted octanol–water partition coefficient (Wildman–Crippen LogP) is 2.73. The molecule has 2 aromatic carbocycles. The molecule has 1 aliphatic heterocycles. The second-order valence-electron chi connectivity index (χ2n) is 6.28. The molecule has 0 radical (unpaired) electrons. The van der Waals surface area contributed by atoms with E-state index in [1.807, 2.05) is 61.5 Å². The summed E-state index contributed by atoms with van der Waals surface area (Å²) in [6, 6.07) is 16.7. The van der Waals surface area contributed by atoms with Crippen LogP contribution in [-0.4, -0.2) is 27.8 Å². The number of primary amides is 1. The first-order chi connectivity index (χ1) is 13.1. The van der Waals surface area contributed by atoms with Gasteiger partial charge in [-0.2, -0.15) is 4.98 Å². The highest BCUT2D eigenvalue weighted by molar-refractivity contribution is 5.95. The van der Waals surface area contributed by atoms with Crippen molar-refractivity contribution in [3.63, 3.8) is 0 Å². The summed E-state index contributed by atoms with van der Waals surface area (Å²) in [6.45, 7) is 1.81. The number of anilines is 1. The van der Waals surface area contributed by atoms with Crippen LogP contribution in [0.2, 0.25) is 0 Å². The average molecular weight is 361 g/mol. The smallest absolute Gasteiger partial charge is 0.248 e. The van der Waals surface area contributed by atoms with Gasteiger partial charge in [0.2, 0.25) is 11.9 Å². The van der Waals surface area contributed by atoms with Crippen LogP contribution in [0.15, 0.2) is 65.9 Å². The van der Waals surface area contributed by atoms with Gasteiger partial charge in [-0.25, -0.2) is 4.68 Å². The highest BCUT2D eigenvalue weighted by Crippen LogP contribution is 2.36. The number of rotatable bonds is 4. The summed E-state index contributed by atoms with van der Waals surface area (Å²) in [7, 11) is 1.60. The molecule has 2 heterocycles. The molecule has 136 valence electrons. The molecule has 0 fully saturated rings. The van der Waals surface area contributed by atoms with Crippen molar-refractivity contribution in [2.45, 2.75) is 13.0 Å². The van der Waals surface area contributed by atoms with Crippen molar-refractivity contribution < 1.29 is 9.53 Å². The zero-order valence-corrected chi connectivity index (χ0v) is 15.0. The number of carbonyl (C=O) groups is 1. The van der Waals surface area contributed by atoms with Crippen molar-refractivity contribution >= 4 is 11.9 Å². The first-order valence-electron chi connectivity index (χ1n) is 8.52. The van der Waals surface area contributed by atoms with Crippen LogP contribution in [0.3, 0.4) is 0 Å². The Balaban J connectivity index is 1.89. The van der Waals surface area contributed by atoms with E-state index in [0.29, 0.717) is 28.8 Å². The first kappa shape index (κ1) is 16.8. The number of fused-ring (bicyclic) bond motifs is 1. The van der Waals surface area contributed by atoms with E-state index in [1.54, 1.807) is 11.8 Å². The lowest BCUT2D eigenvalue weighted by Gasteiger charge is -2.27. The van der Waals surface area contributed by atoms with Gasteiger partial charge in [0, 0.05) is 11.3 Å². The number of nitrogens with one attached hydrogen (secondary N) is 1. The van der Waals surface area contributed by atoms with E-state index in [-0.39, 0.29) is 0 Å². The van der Waals surface area contributed by atoms with E-state index in [0.717, 1.165) is 11.1 Å². The maximum absolute atomic E-state index is 12.2. The molecule has 1 unspecified atom stereocenters. The van der Waals surface area contributed by atoms with Crippen LogP contribution in [0.5, 0.6) is 5.75 Å². The second-order valence-corrected chi connectivity index (χ2v) is 6.28. The van der Waals surface area contributed by atoms with Crippen molar-refractivity contribution in [3.05, 3.63) is 71.4 Å². The van der Waals surface area contributed by atoms with Gasteiger partial charge < -0.3 is 15.8 Å². The summed E-state index contributed by atoms with van der Waals surface area (Å²) in [5, 5.41) is 7.81. The van der Waals surface area contributed by atoms with Crippen molar-refractivity contribution in [3.8, 4) is 17.1 Å². The average Bonchev–Trinajstić information content (AvgIpc) is 3.11. The third-order valence-electron chi connectivity index (χ3n) is 4.56. The van der Waals surface area contributed by atoms with Crippen LogP contribution in [0, 0.1) is 0 Å². The molecule has 0 saturated carbocycles. The lowest BCUT2D eigenvalue weighted by atomic mass is 9.95. The zero-order chi connectivity index (χ0) is 19.0. The number of nitrogens with two attached hydrogens (primary N) is 1. The monoisotopic (exact) mass is 361 g/mol. The number of aromatic nitrogens is 3. The predicted molar refractivity (Wildman–Crippen MR) is 102 cm³/mol. The molecule has 1 amide bonds. The zero-order valence-electron chi connectivity index (χ0n) is 15.0. The van der Waals surface area contributed by atoms with E-state index in [9.17, 15) is 4.79 Å². The number of nitrogens with zero attached hydrogens (tertiary/aromatic N) is 3. The Labute approximate surface area is 156 Å². The van der Waals surface area contributed by atoms with Gasteiger partial charge in [0.05, 0.1) is 12.7 Å². The van der Waals surface area contributed by atoms with Crippen LogP contribution >= 0.6 is 0 Å². The number of carbonyl (C=O) groups excluding carboxylic acids is 1. The van der Waals surface area contributed by atoms with Crippen molar-refractivity contribution in [2.75, 3.05) is 12.4 Å². The van der Waals surface area contributed by atoms with E-state index in [2.05, 4.69) is 15.4 Å². The Morgan fingerprint density at radius 3 is 2.67 bits per heavy atom. The molecule has 4 rings (SSSR count). The minimum Gasteiger partial charge on any atom is -0.497 e. The second kappa shape index (κ2) is 6.60. The molecule has 1 aromatic heterocycles. The summed E-state index contributed by atoms with van der Waals surface area (Å²) in [4.78, 5) is 16.8. The van der Waals surface area contributed by atoms with Gasteiger partial charge in [0.15, 0.2) is 5.82 Å². The molecule has 0 bridgehead atoms. The van der Waals surface area contributed by atoms with Gasteiger partial charge >= 0.3 is 0 Å². The normalized spacial score (nSPS) is 15.9. The molecular weight excluding hydrogens is 342 g/mol. The Morgan fingerprint density at radius 1 is 1.19 bits per heavy atom. The van der Waals surface area contributed by atoms with Crippen molar-refractivity contribution in [2.24, 2.45) is 5.73 Å². The highest BCUT2D eigenvalue weighted by Gasteiger charge is 2.33. The fourth-order valence-electron chi connectivity index (χ4n) is 3.30. The van der Waals surface area contributed by atoms with Gasteiger partial charge in [0.1, 0.15) is 11.8 Å². The van der Waals surface area contributed by atoms with E-state index >= 15 is 0 Å². The summed E-state index contributed by atoms with van der Waals surface area (Å²) in [5.74, 6) is 1.32. The third kappa shape index (κ3) is 2.93. The summed E-state index contributed by atoms with van der Waals surface area (Å²) in [6.07, 6.45) is 0. The fraction of sp³-hybridized carbons (Fsp3) is 0.150. The molecule has 3 aromatic rings. The van der Waals surface area contributed by atoms with Gasteiger partial charge in [-0.1, -0.05) is 42.5 Å². The number of hydrogen-bond acceptors (Lipinski definition) is 5. The standard InChI is InChI=1S/C20H19N5O2/c1-12-16(18(21)26)17(14-9-6-10-15(11-14)27-2)25-20(22-12)23-19(24-25)13-7-4-3-5-8-13/h3-11,17H,1-2H3,(H2,21,26)(H,22,23,24). The summed E-state index contributed by atoms with van der Waals surface area (Å²) in [5.41, 5.74) is 8.54. The number of amides is 1. The maximum Gasteiger partial charge on any atom is 0.248 e. The Kier molecular flexibility index (Phi) is 4.12.